The topological polar surface area (TPSA) is 37.3 Å². The fourth-order valence-corrected chi connectivity index (χ4v) is 2.68. The number of rotatable bonds is 3. The molecule has 0 bridgehead atoms. The second-order valence-electron chi connectivity index (χ2n) is 3.59. The van der Waals surface area contributed by atoms with Crippen molar-refractivity contribution in [2.75, 3.05) is 0 Å². The highest BCUT2D eigenvalue weighted by Crippen LogP contribution is 2.29. The third-order valence-electron chi connectivity index (χ3n) is 2.67. The van der Waals surface area contributed by atoms with E-state index in [0.29, 0.717) is 10.5 Å². The smallest absolute Gasteiger partial charge is 0.187 e. The molecule has 1 N–H and O–H groups in total. The van der Waals surface area contributed by atoms with E-state index in [1.54, 1.807) is 12.2 Å². The summed E-state index contributed by atoms with van der Waals surface area (Å²) in [6.45, 7) is 7.41. The third kappa shape index (κ3) is 1.95. The van der Waals surface area contributed by atoms with Crippen LogP contribution in [0.3, 0.4) is 0 Å². The molecule has 0 aliphatic carbocycles. The lowest BCUT2D eigenvalue weighted by atomic mass is 10.0. The van der Waals surface area contributed by atoms with E-state index in [-0.39, 0.29) is 0 Å². The fourth-order valence-electron chi connectivity index (χ4n) is 1.92. The Bertz CT molecular complexity index is 629. The van der Waals surface area contributed by atoms with Crippen molar-refractivity contribution in [3.8, 4) is 0 Å². The van der Waals surface area contributed by atoms with E-state index >= 15 is 0 Å². The van der Waals surface area contributed by atoms with Crippen LogP contribution < -0.4 is 0 Å². The lowest BCUT2D eigenvalue weighted by Crippen LogP contribution is -1.97. The largest absolute Gasteiger partial charge is 0.302 e. The SMILES string of the molecule is C=Cc1cc2ccccc2c(S(=O)O)c1C=C. The van der Waals surface area contributed by atoms with Crippen LogP contribution in [0, 0.1) is 0 Å². The van der Waals surface area contributed by atoms with E-state index < -0.39 is 11.1 Å². The normalized spacial score (nSPS) is 12.3. The maximum absolute atomic E-state index is 11.5. The molecule has 0 radical (unpaired) electrons. The Labute approximate surface area is 103 Å². The molecule has 0 aromatic heterocycles. The van der Waals surface area contributed by atoms with Crippen molar-refractivity contribution in [3.05, 3.63) is 54.6 Å². The van der Waals surface area contributed by atoms with Gasteiger partial charge in [0.1, 0.15) is 0 Å². The zero-order valence-corrected chi connectivity index (χ0v) is 10.0. The lowest BCUT2D eigenvalue weighted by molar-refractivity contribution is 0.565. The molecule has 0 saturated heterocycles. The minimum atomic E-state index is -2.05. The number of hydrogen-bond donors (Lipinski definition) is 1. The van der Waals surface area contributed by atoms with Crippen molar-refractivity contribution < 1.29 is 8.76 Å². The summed E-state index contributed by atoms with van der Waals surface area (Å²) < 4.78 is 20.9. The second kappa shape index (κ2) is 4.65. The van der Waals surface area contributed by atoms with E-state index in [2.05, 4.69) is 13.2 Å². The maximum Gasteiger partial charge on any atom is 0.187 e. The van der Waals surface area contributed by atoms with Crippen molar-refractivity contribution in [1.29, 1.82) is 0 Å². The van der Waals surface area contributed by atoms with E-state index in [4.69, 9.17) is 0 Å². The van der Waals surface area contributed by atoms with Gasteiger partial charge in [-0.15, -0.1) is 0 Å². The first-order valence-corrected chi connectivity index (χ1v) is 6.21. The number of hydrogen-bond acceptors (Lipinski definition) is 1. The summed E-state index contributed by atoms with van der Waals surface area (Å²) in [4.78, 5) is 0.396. The summed E-state index contributed by atoms with van der Waals surface area (Å²) in [6.07, 6.45) is 3.26. The van der Waals surface area contributed by atoms with Crippen LogP contribution in [0.2, 0.25) is 0 Å². The molecule has 0 aliphatic heterocycles. The van der Waals surface area contributed by atoms with Gasteiger partial charge in [-0.25, -0.2) is 4.21 Å². The predicted molar refractivity (Wildman–Crippen MR) is 73.2 cm³/mol. The summed E-state index contributed by atoms with van der Waals surface area (Å²) in [5.74, 6) is 0. The van der Waals surface area contributed by atoms with Gasteiger partial charge in [-0.1, -0.05) is 49.6 Å². The van der Waals surface area contributed by atoms with Crippen LogP contribution in [0.15, 0.2) is 48.4 Å². The van der Waals surface area contributed by atoms with Gasteiger partial charge in [0.25, 0.3) is 0 Å². The van der Waals surface area contributed by atoms with Crippen molar-refractivity contribution >= 4 is 34.0 Å². The van der Waals surface area contributed by atoms with Crippen LogP contribution >= 0.6 is 0 Å². The average molecular weight is 244 g/mol. The van der Waals surface area contributed by atoms with Crippen molar-refractivity contribution in [2.45, 2.75) is 4.90 Å². The molecular weight excluding hydrogens is 232 g/mol. The minimum Gasteiger partial charge on any atom is -0.302 e. The summed E-state index contributed by atoms with van der Waals surface area (Å²) in [6, 6.07) is 9.42. The van der Waals surface area contributed by atoms with Gasteiger partial charge in [0.15, 0.2) is 11.1 Å². The molecule has 17 heavy (non-hydrogen) atoms. The molecule has 2 rings (SSSR count). The molecule has 0 aliphatic rings. The maximum atomic E-state index is 11.5. The average Bonchev–Trinajstić information content (AvgIpc) is 2.35. The van der Waals surface area contributed by atoms with Crippen LogP contribution in [0.25, 0.3) is 22.9 Å². The van der Waals surface area contributed by atoms with Crippen molar-refractivity contribution in [2.24, 2.45) is 0 Å². The molecule has 1 unspecified atom stereocenters. The second-order valence-corrected chi connectivity index (χ2v) is 4.49. The van der Waals surface area contributed by atoms with Gasteiger partial charge in [0, 0.05) is 10.9 Å². The molecule has 0 spiro atoms. The molecule has 86 valence electrons. The van der Waals surface area contributed by atoms with Gasteiger partial charge in [-0.05, 0) is 17.0 Å². The van der Waals surface area contributed by atoms with Crippen LogP contribution in [0.4, 0.5) is 0 Å². The van der Waals surface area contributed by atoms with Crippen LogP contribution in [0.1, 0.15) is 11.1 Å². The fraction of sp³-hybridized carbons (Fsp3) is 0. The van der Waals surface area contributed by atoms with Gasteiger partial charge in [0.2, 0.25) is 0 Å². The Morgan fingerprint density at radius 2 is 1.88 bits per heavy atom. The lowest BCUT2D eigenvalue weighted by Gasteiger charge is -2.10. The van der Waals surface area contributed by atoms with Crippen LogP contribution in [0.5, 0.6) is 0 Å². The van der Waals surface area contributed by atoms with Crippen molar-refractivity contribution in [3.63, 3.8) is 0 Å². The monoisotopic (exact) mass is 244 g/mol. The van der Waals surface area contributed by atoms with Gasteiger partial charge >= 0.3 is 0 Å². The quantitative estimate of drug-likeness (QED) is 0.836. The summed E-state index contributed by atoms with van der Waals surface area (Å²) in [5.41, 5.74) is 1.48. The number of fused-ring (bicyclic) bond motifs is 1. The highest BCUT2D eigenvalue weighted by molar-refractivity contribution is 7.79. The summed E-state index contributed by atoms with van der Waals surface area (Å²) in [7, 11) is 0. The standard InChI is InChI=1S/C14H12O2S/c1-3-10-9-11-7-5-6-8-13(11)14(17(15)16)12(10)4-2/h3-9H,1-2H2,(H,15,16). The highest BCUT2D eigenvalue weighted by Gasteiger charge is 2.13. The molecule has 2 nitrogen and oxygen atoms in total. The van der Waals surface area contributed by atoms with E-state index in [0.717, 1.165) is 16.3 Å². The minimum absolute atomic E-state index is 0.396. The van der Waals surface area contributed by atoms with Gasteiger partial charge in [-0.2, -0.15) is 0 Å². The Kier molecular flexibility index (Phi) is 3.22. The Hall–Kier alpha value is -1.71. The first-order valence-electron chi connectivity index (χ1n) is 5.10. The zero-order valence-electron chi connectivity index (χ0n) is 9.22. The van der Waals surface area contributed by atoms with Gasteiger partial charge in [-0.3, -0.25) is 0 Å². The summed E-state index contributed by atoms with van der Waals surface area (Å²) in [5, 5.41) is 1.69. The zero-order chi connectivity index (χ0) is 12.4. The Balaban J connectivity index is 3.01. The Morgan fingerprint density at radius 1 is 1.18 bits per heavy atom. The molecule has 1 atom stereocenters. The molecule has 0 heterocycles. The first-order chi connectivity index (χ1) is 8.19. The van der Waals surface area contributed by atoms with Gasteiger partial charge in [0.05, 0.1) is 4.90 Å². The molecule has 2 aromatic rings. The van der Waals surface area contributed by atoms with Crippen LogP contribution in [-0.2, 0) is 11.1 Å². The van der Waals surface area contributed by atoms with Crippen LogP contribution in [-0.4, -0.2) is 8.76 Å². The molecule has 3 heteroatoms. The van der Waals surface area contributed by atoms with E-state index in [1.807, 2.05) is 30.3 Å². The van der Waals surface area contributed by atoms with E-state index in [9.17, 15) is 8.76 Å². The van der Waals surface area contributed by atoms with Gasteiger partial charge < -0.3 is 4.55 Å². The van der Waals surface area contributed by atoms with Crippen molar-refractivity contribution in [1.82, 2.24) is 0 Å². The molecule has 0 saturated carbocycles. The molecular formula is C14H12O2S. The molecule has 0 amide bonds. The molecule has 0 fully saturated rings. The first kappa shape index (κ1) is 11.8. The summed E-state index contributed by atoms with van der Waals surface area (Å²) >= 11 is -2.05. The third-order valence-corrected chi connectivity index (χ3v) is 3.46. The molecule has 2 aromatic carbocycles. The Morgan fingerprint density at radius 3 is 2.47 bits per heavy atom. The predicted octanol–water partition coefficient (Wildman–Crippen LogP) is 3.71. The highest BCUT2D eigenvalue weighted by atomic mass is 32.2. The number of benzene rings is 2. The van der Waals surface area contributed by atoms with E-state index in [1.165, 1.54) is 0 Å².